The van der Waals surface area contributed by atoms with E-state index in [1.54, 1.807) is 12.3 Å². The number of carboxylic acid groups (broad SMARTS) is 1. The molecule has 0 spiro atoms. The molecule has 0 aliphatic carbocycles. The molecule has 1 aliphatic heterocycles. The topological polar surface area (TPSA) is 110 Å². The summed E-state index contributed by atoms with van der Waals surface area (Å²) in [6.07, 6.45) is 1.57. The Bertz CT molecular complexity index is 713. The van der Waals surface area contributed by atoms with Crippen molar-refractivity contribution < 1.29 is 19.4 Å². The number of hydrogen-bond acceptors (Lipinski definition) is 6. The quantitative estimate of drug-likeness (QED) is 0.783. The molecule has 1 saturated heterocycles. The Morgan fingerprint density at radius 3 is 3.00 bits per heavy atom. The summed E-state index contributed by atoms with van der Waals surface area (Å²) in [5.74, 6) is -1.40. The lowest BCUT2D eigenvalue weighted by Crippen LogP contribution is -2.52. The Morgan fingerprint density at radius 2 is 2.29 bits per heavy atom. The second kappa shape index (κ2) is 5.09. The van der Waals surface area contributed by atoms with Gasteiger partial charge < -0.3 is 14.7 Å². The van der Waals surface area contributed by atoms with Gasteiger partial charge in [-0.1, -0.05) is 0 Å². The third kappa shape index (κ3) is 2.31. The molecule has 0 radical (unpaired) electrons. The fraction of sp³-hybridized carbons (Fsp3) is 0.417. The van der Waals surface area contributed by atoms with Gasteiger partial charge in [0, 0.05) is 18.4 Å². The van der Waals surface area contributed by atoms with E-state index in [4.69, 9.17) is 9.84 Å². The highest BCUT2D eigenvalue weighted by molar-refractivity contribution is 5.94. The summed E-state index contributed by atoms with van der Waals surface area (Å²) in [5, 5.41) is 13.3. The van der Waals surface area contributed by atoms with Crippen LogP contribution in [0, 0.1) is 6.92 Å². The zero-order valence-corrected chi connectivity index (χ0v) is 11.3. The SMILES string of the molecule is Cc1ccnc2nc(C(=O)N3CCOCC3C(=O)O)nn12. The molecule has 3 rings (SSSR count). The summed E-state index contributed by atoms with van der Waals surface area (Å²) in [5.41, 5.74) is 0.781. The Balaban J connectivity index is 1.95. The van der Waals surface area contributed by atoms with E-state index in [1.165, 1.54) is 9.42 Å². The lowest BCUT2D eigenvalue weighted by atomic mass is 10.2. The Morgan fingerprint density at radius 1 is 1.48 bits per heavy atom. The Kier molecular flexibility index (Phi) is 3.26. The van der Waals surface area contributed by atoms with Gasteiger partial charge in [-0.3, -0.25) is 4.79 Å². The van der Waals surface area contributed by atoms with Gasteiger partial charge in [0.15, 0.2) is 6.04 Å². The molecule has 0 saturated carbocycles. The largest absolute Gasteiger partial charge is 0.480 e. The number of nitrogens with zero attached hydrogens (tertiary/aromatic N) is 5. The van der Waals surface area contributed by atoms with Crippen molar-refractivity contribution in [2.24, 2.45) is 0 Å². The van der Waals surface area contributed by atoms with Gasteiger partial charge in [0.2, 0.25) is 5.82 Å². The van der Waals surface area contributed by atoms with Gasteiger partial charge in [-0.2, -0.15) is 4.98 Å². The van der Waals surface area contributed by atoms with Crippen molar-refractivity contribution in [1.82, 2.24) is 24.5 Å². The predicted molar refractivity (Wildman–Crippen MR) is 68.8 cm³/mol. The van der Waals surface area contributed by atoms with E-state index in [-0.39, 0.29) is 19.0 Å². The number of morpholine rings is 1. The molecule has 9 nitrogen and oxygen atoms in total. The molecule has 1 aliphatic rings. The highest BCUT2D eigenvalue weighted by Gasteiger charge is 2.35. The van der Waals surface area contributed by atoms with Gasteiger partial charge in [0.25, 0.3) is 11.7 Å². The molecule has 1 fully saturated rings. The minimum atomic E-state index is -1.11. The summed E-state index contributed by atoms with van der Waals surface area (Å²) in [7, 11) is 0. The van der Waals surface area contributed by atoms with E-state index >= 15 is 0 Å². The van der Waals surface area contributed by atoms with Crippen LogP contribution in [0.15, 0.2) is 12.3 Å². The molecule has 2 aromatic rings. The highest BCUT2D eigenvalue weighted by atomic mass is 16.5. The molecular weight excluding hydrogens is 278 g/mol. The van der Waals surface area contributed by atoms with Crippen LogP contribution in [0.3, 0.4) is 0 Å². The van der Waals surface area contributed by atoms with Crippen LogP contribution in [0.2, 0.25) is 0 Å². The highest BCUT2D eigenvalue weighted by Crippen LogP contribution is 2.12. The molecule has 21 heavy (non-hydrogen) atoms. The summed E-state index contributed by atoms with van der Waals surface area (Å²) < 4.78 is 6.55. The van der Waals surface area contributed by atoms with Crippen molar-refractivity contribution in [2.75, 3.05) is 19.8 Å². The third-order valence-corrected chi connectivity index (χ3v) is 3.30. The van der Waals surface area contributed by atoms with Crippen LogP contribution in [0.5, 0.6) is 0 Å². The van der Waals surface area contributed by atoms with Crippen molar-refractivity contribution in [3.63, 3.8) is 0 Å². The molecular formula is C12H13N5O4. The van der Waals surface area contributed by atoms with Gasteiger partial charge in [-0.05, 0) is 13.0 Å². The van der Waals surface area contributed by atoms with E-state index in [1.807, 2.05) is 6.92 Å². The minimum absolute atomic E-state index is 0.0360. The van der Waals surface area contributed by atoms with E-state index in [0.717, 1.165) is 5.69 Å². The molecule has 1 atom stereocenters. The van der Waals surface area contributed by atoms with Gasteiger partial charge in [-0.25, -0.2) is 14.3 Å². The summed E-state index contributed by atoms with van der Waals surface area (Å²) in [6, 6.07) is 0.719. The zero-order valence-electron chi connectivity index (χ0n) is 11.3. The van der Waals surface area contributed by atoms with Gasteiger partial charge in [0.05, 0.1) is 13.2 Å². The molecule has 1 unspecified atom stereocenters. The first-order valence-electron chi connectivity index (χ1n) is 6.38. The number of carbonyl (C=O) groups excluding carboxylic acids is 1. The molecule has 1 N–H and O–H groups in total. The fourth-order valence-electron chi connectivity index (χ4n) is 2.18. The van der Waals surface area contributed by atoms with E-state index < -0.39 is 17.9 Å². The second-order valence-electron chi connectivity index (χ2n) is 4.66. The minimum Gasteiger partial charge on any atom is -0.480 e. The number of fused-ring (bicyclic) bond motifs is 1. The number of aryl methyl sites for hydroxylation is 1. The molecule has 0 aromatic carbocycles. The zero-order chi connectivity index (χ0) is 15.0. The molecule has 2 aromatic heterocycles. The van der Waals surface area contributed by atoms with E-state index in [0.29, 0.717) is 12.4 Å². The Hall–Kier alpha value is -2.55. The fourth-order valence-corrected chi connectivity index (χ4v) is 2.18. The maximum Gasteiger partial charge on any atom is 0.328 e. The van der Waals surface area contributed by atoms with Gasteiger partial charge in [-0.15, -0.1) is 5.10 Å². The molecule has 3 heterocycles. The third-order valence-electron chi connectivity index (χ3n) is 3.30. The summed E-state index contributed by atoms with van der Waals surface area (Å²) in [6.45, 7) is 2.26. The van der Waals surface area contributed by atoms with Crippen LogP contribution in [-0.2, 0) is 9.53 Å². The monoisotopic (exact) mass is 291 g/mol. The van der Waals surface area contributed by atoms with Crippen LogP contribution >= 0.6 is 0 Å². The number of ether oxygens (including phenoxy) is 1. The summed E-state index contributed by atoms with van der Waals surface area (Å²) in [4.78, 5) is 32.9. The average Bonchev–Trinajstić information content (AvgIpc) is 2.92. The van der Waals surface area contributed by atoms with Crippen molar-refractivity contribution >= 4 is 17.7 Å². The average molecular weight is 291 g/mol. The van der Waals surface area contributed by atoms with E-state index in [9.17, 15) is 9.59 Å². The first kappa shape index (κ1) is 13.4. The normalized spacial score (nSPS) is 18.9. The summed E-state index contributed by atoms with van der Waals surface area (Å²) >= 11 is 0. The molecule has 9 heteroatoms. The lowest BCUT2D eigenvalue weighted by molar-refractivity contribution is -0.147. The molecule has 0 bridgehead atoms. The standard InChI is InChI=1S/C12H13N5O4/c1-7-2-3-13-12-14-9(15-17(7)12)10(18)16-4-5-21-6-8(16)11(19)20/h2-3,8H,4-6H2,1H3,(H,19,20). The van der Waals surface area contributed by atoms with E-state index in [2.05, 4.69) is 15.1 Å². The van der Waals surface area contributed by atoms with Crippen LogP contribution in [0.1, 0.15) is 16.3 Å². The smallest absolute Gasteiger partial charge is 0.328 e. The first-order chi connectivity index (χ1) is 10.1. The van der Waals surface area contributed by atoms with Crippen LogP contribution in [0.25, 0.3) is 5.78 Å². The number of aliphatic carboxylic acids is 1. The maximum atomic E-state index is 12.4. The first-order valence-corrected chi connectivity index (χ1v) is 6.38. The number of aromatic nitrogens is 4. The Labute approximate surface area is 119 Å². The molecule has 110 valence electrons. The maximum absolute atomic E-state index is 12.4. The second-order valence-corrected chi connectivity index (χ2v) is 4.66. The van der Waals surface area contributed by atoms with Crippen molar-refractivity contribution in [3.05, 3.63) is 23.8 Å². The van der Waals surface area contributed by atoms with Crippen molar-refractivity contribution in [3.8, 4) is 0 Å². The van der Waals surface area contributed by atoms with Crippen LogP contribution in [-0.4, -0.2) is 67.3 Å². The predicted octanol–water partition coefficient (Wildman–Crippen LogP) is -0.642. The van der Waals surface area contributed by atoms with Crippen LogP contribution < -0.4 is 0 Å². The van der Waals surface area contributed by atoms with Crippen LogP contribution in [0.4, 0.5) is 0 Å². The molecule has 1 amide bonds. The lowest BCUT2D eigenvalue weighted by Gasteiger charge is -2.31. The number of carbonyl (C=O) groups is 2. The number of rotatable bonds is 2. The number of amides is 1. The van der Waals surface area contributed by atoms with Gasteiger partial charge >= 0.3 is 5.97 Å². The van der Waals surface area contributed by atoms with Gasteiger partial charge in [0.1, 0.15) is 0 Å². The number of carboxylic acids is 1. The number of hydrogen-bond donors (Lipinski definition) is 1. The van der Waals surface area contributed by atoms with Crippen molar-refractivity contribution in [1.29, 1.82) is 0 Å². The van der Waals surface area contributed by atoms with Crippen molar-refractivity contribution in [2.45, 2.75) is 13.0 Å².